The minimum absolute atomic E-state index is 0.179. The molecule has 3 aliphatic heterocycles. The molecule has 8 rings (SSSR count). The molecule has 45 heavy (non-hydrogen) atoms. The van der Waals surface area contributed by atoms with Gasteiger partial charge in [-0.1, -0.05) is 23.7 Å². The average Bonchev–Trinajstić information content (AvgIpc) is 3.69. The maximum absolute atomic E-state index is 14.9. The molecule has 0 unspecified atom stereocenters. The summed E-state index contributed by atoms with van der Waals surface area (Å²) < 4.78 is 35.5. The van der Waals surface area contributed by atoms with Crippen molar-refractivity contribution in [3.8, 4) is 22.9 Å². The number of nitrogens with zero attached hydrogens (tertiary/aromatic N) is 6. The first-order chi connectivity index (χ1) is 21.8. The standard InChI is InChI=1S/C33H33ClFN7O3/c1-19-37-31(40-39-19)21-14-27-32(36-16-21)42(17-23-10-13-43-23)29(38-27)18-41-11-8-20(9-12-41)24-4-3-5-28-30(24)45-33(2,44-28)25-7-6-22(34)15-26(25)35/h3-7,14-16,20,23H,8-13,17-18H2,1-2H3,(H,37,39,40)/t23-,33-/m0/s1. The summed E-state index contributed by atoms with van der Waals surface area (Å²) in [7, 11) is 0. The van der Waals surface area contributed by atoms with Gasteiger partial charge in [-0.15, -0.1) is 0 Å². The lowest BCUT2D eigenvalue weighted by molar-refractivity contribution is -0.0712. The molecule has 232 valence electrons. The Balaban J connectivity index is 1.000. The van der Waals surface area contributed by atoms with E-state index in [-0.39, 0.29) is 12.0 Å². The first kappa shape index (κ1) is 28.4. The molecule has 3 aliphatic rings. The van der Waals surface area contributed by atoms with E-state index >= 15 is 0 Å². The molecule has 6 heterocycles. The van der Waals surface area contributed by atoms with Gasteiger partial charge in [-0.2, -0.15) is 5.10 Å². The highest BCUT2D eigenvalue weighted by molar-refractivity contribution is 6.30. The minimum Gasteiger partial charge on any atom is -0.444 e. The van der Waals surface area contributed by atoms with Crippen LogP contribution in [0.1, 0.15) is 54.9 Å². The fourth-order valence-electron chi connectivity index (χ4n) is 6.64. The van der Waals surface area contributed by atoms with Gasteiger partial charge in [-0.25, -0.2) is 19.3 Å². The zero-order chi connectivity index (χ0) is 30.7. The Kier molecular flexibility index (Phi) is 7.00. The number of ether oxygens (including phenoxy) is 3. The second kappa shape index (κ2) is 11.1. The van der Waals surface area contributed by atoms with Crippen LogP contribution in [0.15, 0.2) is 48.7 Å². The predicted octanol–water partition coefficient (Wildman–Crippen LogP) is 6.13. The van der Waals surface area contributed by atoms with Crippen molar-refractivity contribution in [2.75, 3.05) is 19.7 Å². The molecule has 5 aromatic rings. The maximum Gasteiger partial charge on any atom is 0.278 e. The summed E-state index contributed by atoms with van der Waals surface area (Å²) in [5.74, 6) is 2.23. The normalized spacial score (nSPS) is 21.8. The Labute approximate surface area is 264 Å². The third kappa shape index (κ3) is 5.22. The van der Waals surface area contributed by atoms with E-state index in [1.165, 1.54) is 6.07 Å². The number of rotatable bonds is 7. The number of likely N-dealkylation sites (tertiary alicyclic amines) is 1. The molecule has 2 saturated heterocycles. The van der Waals surface area contributed by atoms with E-state index in [4.69, 9.17) is 35.8 Å². The maximum atomic E-state index is 14.9. The number of nitrogens with one attached hydrogen (secondary N) is 1. The number of H-pyrrole nitrogens is 1. The molecule has 0 amide bonds. The molecule has 1 N–H and O–H groups in total. The third-order valence-electron chi connectivity index (χ3n) is 9.12. The van der Waals surface area contributed by atoms with Crippen molar-refractivity contribution in [2.45, 2.75) is 64.0 Å². The zero-order valence-electron chi connectivity index (χ0n) is 25.1. The topological polar surface area (TPSA) is 103 Å². The van der Waals surface area contributed by atoms with Crippen molar-refractivity contribution in [3.05, 3.63) is 82.3 Å². The molecule has 3 aromatic heterocycles. The highest BCUT2D eigenvalue weighted by Crippen LogP contribution is 2.50. The fourth-order valence-corrected chi connectivity index (χ4v) is 6.79. The molecule has 0 bridgehead atoms. The lowest BCUT2D eigenvalue weighted by atomic mass is 9.88. The largest absolute Gasteiger partial charge is 0.444 e. The van der Waals surface area contributed by atoms with Gasteiger partial charge >= 0.3 is 0 Å². The Morgan fingerprint density at radius 3 is 2.67 bits per heavy atom. The van der Waals surface area contributed by atoms with Crippen LogP contribution in [0.4, 0.5) is 4.39 Å². The summed E-state index contributed by atoms with van der Waals surface area (Å²) >= 11 is 5.99. The van der Waals surface area contributed by atoms with E-state index in [0.29, 0.717) is 34.5 Å². The fraction of sp³-hybridized carbons (Fsp3) is 0.394. The predicted molar refractivity (Wildman–Crippen MR) is 166 cm³/mol. The van der Waals surface area contributed by atoms with Crippen LogP contribution in [-0.2, 0) is 23.6 Å². The summed E-state index contributed by atoms with van der Waals surface area (Å²) in [6.45, 7) is 7.67. The number of imidazole rings is 1. The zero-order valence-corrected chi connectivity index (χ0v) is 25.9. The molecule has 12 heteroatoms. The smallest absolute Gasteiger partial charge is 0.278 e. The first-order valence-electron chi connectivity index (χ1n) is 15.4. The number of pyridine rings is 1. The van der Waals surface area contributed by atoms with Crippen LogP contribution < -0.4 is 9.47 Å². The van der Waals surface area contributed by atoms with Crippen molar-refractivity contribution < 1.29 is 18.6 Å². The molecule has 2 aromatic carbocycles. The number of aromatic nitrogens is 6. The number of benzene rings is 2. The van der Waals surface area contributed by atoms with Crippen molar-refractivity contribution in [1.29, 1.82) is 0 Å². The van der Waals surface area contributed by atoms with E-state index in [1.54, 1.807) is 19.1 Å². The number of piperidine rings is 1. The van der Waals surface area contributed by atoms with Gasteiger partial charge in [0.2, 0.25) is 0 Å². The van der Waals surface area contributed by atoms with E-state index in [9.17, 15) is 4.39 Å². The van der Waals surface area contributed by atoms with E-state index in [1.807, 2.05) is 31.3 Å². The Morgan fingerprint density at radius 2 is 1.93 bits per heavy atom. The van der Waals surface area contributed by atoms with Gasteiger partial charge in [0.1, 0.15) is 23.0 Å². The Hall–Kier alpha value is -4.06. The van der Waals surface area contributed by atoms with Crippen LogP contribution in [0, 0.1) is 12.7 Å². The van der Waals surface area contributed by atoms with Crippen LogP contribution in [0.3, 0.4) is 0 Å². The summed E-state index contributed by atoms with van der Waals surface area (Å²) in [5.41, 5.74) is 3.93. The number of halogens is 2. The van der Waals surface area contributed by atoms with Gasteiger partial charge in [0, 0.05) is 35.9 Å². The molecule has 0 saturated carbocycles. The number of aromatic amines is 1. The van der Waals surface area contributed by atoms with E-state index in [2.05, 4.69) is 30.7 Å². The molecule has 10 nitrogen and oxygen atoms in total. The van der Waals surface area contributed by atoms with E-state index in [0.717, 1.165) is 79.4 Å². The van der Waals surface area contributed by atoms with Gasteiger partial charge in [0.25, 0.3) is 5.79 Å². The lowest BCUT2D eigenvalue weighted by Crippen LogP contribution is -2.35. The van der Waals surface area contributed by atoms with Gasteiger partial charge in [0.15, 0.2) is 23.0 Å². The Morgan fingerprint density at radius 1 is 1.09 bits per heavy atom. The molecule has 0 spiro atoms. The molecule has 0 aliphatic carbocycles. The molecule has 2 atom stereocenters. The summed E-state index contributed by atoms with van der Waals surface area (Å²) in [6, 6.07) is 12.5. The van der Waals surface area contributed by atoms with Crippen molar-refractivity contribution in [1.82, 2.24) is 34.6 Å². The lowest BCUT2D eigenvalue weighted by Gasteiger charge is -2.33. The molecular formula is C33H33ClFN7O3. The minimum atomic E-state index is -1.27. The van der Waals surface area contributed by atoms with Crippen LogP contribution >= 0.6 is 11.6 Å². The first-order valence-corrected chi connectivity index (χ1v) is 15.8. The highest BCUT2D eigenvalue weighted by Gasteiger charge is 2.43. The second-order valence-electron chi connectivity index (χ2n) is 12.2. The molecule has 2 fully saturated rings. The number of para-hydroxylation sites is 1. The van der Waals surface area contributed by atoms with Crippen molar-refractivity contribution in [2.24, 2.45) is 0 Å². The summed E-state index contributed by atoms with van der Waals surface area (Å²) in [6.07, 6.45) is 4.93. The number of hydrogen-bond acceptors (Lipinski definition) is 8. The van der Waals surface area contributed by atoms with Gasteiger partial charge in [-0.05, 0) is 75.5 Å². The van der Waals surface area contributed by atoms with E-state index < -0.39 is 11.6 Å². The molecule has 0 radical (unpaired) electrons. The number of hydrogen-bond donors (Lipinski definition) is 1. The summed E-state index contributed by atoms with van der Waals surface area (Å²) in [4.78, 5) is 16.8. The highest BCUT2D eigenvalue weighted by atomic mass is 35.5. The Bertz CT molecular complexity index is 1900. The third-order valence-corrected chi connectivity index (χ3v) is 9.36. The van der Waals surface area contributed by atoms with Crippen LogP contribution in [0.5, 0.6) is 11.5 Å². The van der Waals surface area contributed by atoms with Crippen molar-refractivity contribution in [3.63, 3.8) is 0 Å². The van der Waals surface area contributed by atoms with Crippen molar-refractivity contribution >= 4 is 22.8 Å². The molecular weight excluding hydrogens is 597 g/mol. The number of fused-ring (bicyclic) bond motifs is 2. The van der Waals surface area contributed by atoms with Gasteiger partial charge in [0.05, 0.1) is 24.8 Å². The van der Waals surface area contributed by atoms with Crippen LogP contribution in [-0.4, -0.2) is 60.4 Å². The summed E-state index contributed by atoms with van der Waals surface area (Å²) in [5, 5.41) is 7.52. The SMILES string of the molecule is Cc1nc(-c2cnc3c(c2)nc(CN2CCC(c4cccc5c4O[C@@](C)(c4ccc(Cl)cc4F)O5)CC2)n3C[C@@H]2CCO2)n[nH]1. The quantitative estimate of drug-likeness (QED) is 0.229. The van der Waals surface area contributed by atoms with Crippen LogP contribution in [0.2, 0.25) is 5.02 Å². The number of aryl methyl sites for hydroxylation is 1. The van der Waals surface area contributed by atoms with Crippen LogP contribution in [0.25, 0.3) is 22.6 Å². The second-order valence-corrected chi connectivity index (χ2v) is 12.7. The monoisotopic (exact) mass is 629 g/mol. The van der Waals surface area contributed by atoms with Gasteiger partial charge in [-0.3, -0.25) is 10.00 Å². The average molecular weight is 630 g/mol. The van der Waals surface area contributed by atoms with Gasteiger partial charge < -0.3 is 18.8 Å².